The SMILES string of the molecule is C=CCOc1ccc(C(C)N2CCC(NC(=O)c3ccc(C(F)(F)F)nc3)CC2)cc1. The normalized spacial score (nSPS) is 16.5. The first kappa shape index (κ1) is 22.8. The predicted molar refractivity (Wildman–Crippen MR) is 112 cm³/mol. The summed E-state index contributed by atoms with van der Waals surface area (Å²) in [6, 6.07) is 10.2. The predicted octanol–water partition coefficient (Wildman–Crippen LogP) is 4.62. The number of likely N-dealkylation sites (tertiary alicyclic amines) is 1. The highest BCUT2D eigenvalue weighted by atomic mass is 19.4. The Morgan fingerprint density at radius 1 is 1.26 bits per heavy atom. The smallest absolute Gasteiger partial charge is 0.433 e. The van der Waals surface area contributed by atoms with Gasteiger partial charge in [-0.2, -0.15) is 13.2 Å². The van der Waals surface area contributed by atoms with E-state index in [9.17, 15) is 18.0 Å². The lowest BCUT2D eigenvalue weighted by Crippen LogP contribution is -2.45. The van der Waals surface area contributed by atoms with Gasteiger partial charge in [0.2, 0.25) is 0 Å². The number of pyridine rings is 1. The van der Waals surface area contributed by atoms with E-state index in [-0.39, 0.29) is 17.6 Å². The van der Waals surface area contributed by atoms with Gasteiger partial charge in [-0.15, -0.1) is 0 Å². The Bertz CT molecular complexity index is 874. The molecule has 1 N–H and O–H groups in total. The van der Waals surface area contributed by atoms with Crippen LogP contribution in [0.2, 0.25) is 0 Å². The molecule has 0 saturated carbocycles. The van der Waals surface area contributed by atoms with Crippen LogP contribution in [0.5, 0.6) is 5.75 Å². The van der Waals surface area contributed by atoms with Crippen LogP contribution in [0, 0.1) is 0 Å². The van der Waals surface area contributed by atoms with E-state index in [1.54, 1.807) is 6.08 Å². The lowest BCUT2D eigenvalue weighted by molar-refractivity contribution is -0.141. The third-order valence-corrected chi connectivity index (χ3v) is 5.46. The van der Waals surface area contributed by atoms with E-state index in [0.29, 0.717) is 6.61 Å². The number of alkyl halides is 3. The Balaban J connectivity index is 1.49. The van der Waals surface area contributed by atoms with Crippen LogP contribution >= 0.6 is 0 Å². The molecule has 2 heterocycles. The fraction of sp³-hybridized carbons (Fsp3) is 0.391. The molecule has 1 aliphatic heterocycles. The van der Waals surface area contributed by atoms with Gasteiger partial charge in [0.15, 0.2) is 0 Å². The van der Waals surface area contributed by atoms with Crippen molar-refractivity contribution in [3.8, 4) is 5.75 Å². The highest BCUT2D eigenvalue weighted by Gasteiger charge is 2.32. The molecule has 31 heavy (non-hydrogen) atoms. The number of hydrogen-bond donors (Lipinski definition) is 1. The first-order valence-corrected chi connectivity index (χ1v) is 10.2. The molecule has 0 spiro atoms. The van der Waals surface area contributed by atoms with E-state index < -0.39 is 17.8 Å². The number of rotatable bonds is 7. The minimum Gasteiger partial charge on any atom is -0.490 e. The van der Waals surface area contributed by atoms with Crippen molar-refractivity contribution in [1.82, 2.24) is 15.2 Å². The number of nitrogens with zero attached hydrogens (tertiary/aromatic N) is 2. The maximum absolute atomic E-state index is 12.6. The number of benzene rings is 1. The summed E-state index contributed by atoms with van der Waals surface area (Å²) in [5.74, 6) is 0.401. The van der Waals surface area contributed by atoms with Crippen LogP contribution in [0.15, 0.2) is 55.3 Å². The van der Waals surface area contributed by atoms with E-state index in [1.165, 1.54) is 5.56 Å². The van der Waals surface area contributed by atoms with Gasteiger partial charge in [-0.3, -0.25) is 14.7 Å². The number of halogens is 3. The summed E-state index contributed by atoms with van der Waals surface area (Å²) < 4.78 is 43.3. The maximum atomic E-state index is 12.6. The Morgan fingerprint density at radius 2 is 1.94 bits per heavy atom. The van der Waals surface area contributed by atoms with Gasteiger partial charge >= 0.3 is 6.18 Å². The minimum atomic E-state index is -4.52. The second-order valence-corrected chi connectivity index (χ2v) is 7.56. The molecule has 1 aromatic carbocycles. The van der Waals surface area contributed by atoms with Crippen LogP contribution in [0.3, 0.4) is 0 Å². The number of aromatic nitrogens is 1. The highest BCUT2D eigenvalue weighted by Crippen LogP contribution is 2.28. The Labute approximate surface area is 179 Å². The third kappa shape index (κ3) is 6.07. The van der Waals surface area contributed by atoms with E-state index in [0.717, 1.165) is 50.0 Å². The maximum Gasteiger partial charge on any atom is 0.433 e. The number of piperidine rings is 1. The standard InChI is InChI=1S/C23H26F3N3O2/c1-3-14-31-20-7-4-17(5-8-20)16(2)29-12-10-19(11-13-29)28-22(30)18-6-9-21(27-15-18)23(24,25)26/h3-9,15-16,19H,1,10-14H2,2H3,(H,28,30). The van der Waals surface area contributed by atoms with Crippen molar-refractivity contribution < 1.29 is 22.7 Å². The van der Waals surface area contributed by atoms with E-state index in [1.807, 2.05) is 12.1 Å². The van der Waals surface area contributed by atoms with Crippen LogP contribution in [0.4, 0.5) is 13.2 Å². The summed E-state index contributed by atoms with van der Waals surface area (Å²) >= 11 is 0. The number of amides is 1. The van der Waals surface area contributed by atoms with Crippen LogP contribution in [0.1, 0.15) is 47.4 Å². The zero-order valence-electron chi connectivity index (χ0n) is 17.4. The number of ether oxygens (including phenoxy) is 1. The highest BCUT2D eigenvalue weighted by molar-refractivity contribution is 5.94. The van der Waals surface area contributed by atoms with Crippen molar-refractivity contribution in [2.24, 2.45) is 0 Å². The van der Waals surface area contributed by atoms with Gasteiger partial charge in [0.1, 0.15) is 18.1 Å². The average Bonchev–Trinajstić information content (AvgIpc) is 2.77. The Hall–Kier alpha value is -2.87. The summed E-state index contributed by atoms with van der Waals surface area (Å²) in [5.41, 5.74) is 0.304. The Kier molecular flexibility index (Phi) is 7.33. The number of nitrogens with one attached hydrogen (secondary N) is 1. The largest absolute Gasteiger partial charge is 0.490 e. The molecule has 1 saturated heterocycles. The molecule has 0 aliphatic carbocycles. The van der Waals surface area contributed by atoms with Gasteiger partial charge in [0.25, 0.3) is 5.91 Å². The summed E-state index contributed by atoms with van der Waals surface area (Å²) in [4.78, 5) is 18.1. The molecule has 0 bridgehead atoms. The fourth-order valence-corrected chi connectivity index (χ4v) is 3.60. The molecule has 166 valence electrons. The molecule has 2 aromatic rings. The van der Waals surface area contributed by atoms with Crippen molar-refractivity contribution in [1.29, 1.82) is 0 Å². The first-order chi connectivity index (χ1) is 14.8. The fourth-order valence-electron chi connectivity index (χ4n) is 3.60. The number of hydrogen-bond acceptors (Lipinski definition) is 4. The quantitative estimate of drug-likeness (QED) is 0.648. The average molecular weight is 433 g/mol. The zero-order chi connectivity index (χ0) is 22.4. The van der Waals surface area contributed by atoms with E-state index in [4.69, 9.17) is 4.74 Å². The zero-order valence-corrected chi connectivity index (χ0v) is 17.4. The summed E-state index contributed by atoms with van der Waals surface area (Å²) in [6.07, 6.45) is -0.307. The molecular formula is C23H26F3N3O2. The van der Waals surface area contributed by atoms with Gasteiger partial charge in [0, 0.05) is 31.4 Å². The lowest BCUT2D eigenvalue weighted by Gasteiger charge is -2.36. The molecule has 1 atom stereocenters. The molecule has 1 fully saturated rings. The van der Waals surface area contributed by atoms with E-state index in [2.05, 4.69) is 40.8 Å². The molecule has 0 radical (unpaired) electrons. The molecule has 1 aromatic heterocycles. The lowest BCUT2D eigenvalue weighted by atomic mass is 10.00. The van der Waals surface area contributed by atoms with Crippen molar-refractivity contribution in [3.63, 3.8) is 0 Å². The number of carbonyl (C=O) groups excluding carboxylic acids is 1. The summed E-state index contributed by atoms with van der Waals surface area (Å²) in [5, 5.41) is 2.91. The monoisotopic (exact) mass is 433 g/mol. The second kappa shape index (κ2) is 9.96. The topological polar surface area (TPSA) is 54.5 Å². The van der Waals surface area contributed by atoms with Gasteiger partial charge in [-0.05, 0) is 49.6 Å². The molecular weight excluding hydrogens is 407 g/mol. The number of carbonyl (C=O) groups is 1. The van der Waals surface area contributed by atoms with Gasteiger partial charge < -0.3 is 10.1 Å². The first-order valence-electron chi connectivity index (χ1n) is 10.2. The van der Waals surface area contributed by atoms with Gasteiger partial charge in [-0.1, -0.05) is 24.8 Å². The second-order valence-electron chi connectivity index (χ2n) is 7.56. The van der Waals surface area contributed by atoms with Crippen molar-refractivity contribution in [3.05, 3.63) is 72.1 Å². The van der Waals surface area contributed by atoms with E-state index >= 15 is 0 Å². The van der Waals surface area contributed by atoms with Crippen molar-refractivity contribution in [2.75, 3.05) is 19.7 Å². The van der Waals surface area contributed by atoms with Crippen LogP contribution in [-0.2, 0) is 6.18 Å². The van der Waals surface area contributed by atoms with Crippen LogP contribution in [-0.4, -0.2) is 41.5 Å². The molecule has 3 rings (SSSR count). The van der Waals surface area contributed by atoms with Crippen molar-refractivity contribution >= 4 is 5.91 Å². The van der Waals surface area contributed by atoms with Crippen LogP contribution in [0.25, 0.3) is 0 Å². The van der Waals surface area contributed by atoms with Crippen LogP contribution < -0.4 is 10.1 Å². The Morgan fingerprint density at radius 3 is 2.48 bits per heavy atom. The van der Waals surface area contributed by atoms with Gasteiger partial charge in [-0.25, -0.2) is 0 Å². The van der Waals surface area contributed by atoms with Crippen molar-refractivity contribution in [2.45, 2.75) is 38.0 Å². The minimum absolute atomic E-state index is 0.0204. The molecule has 1 unspecified atom stereocenters. The molecule has 8 heteroatoms. The molecule has 1 amide bonds. The summed E-state index contributed by atoms with van der Waals surface area (Å²) in [6.45, 7) is 7.87. The summed E-state index contributed by atoms with van der Waals surface area (Å²) in [7, 11) is 0. The molecule has 5 nitrogen and oxygen atoms in total. The third-order valence-electron chi connectivity index (χ3n) is 5.46. The molecule has 1 aliphatic rings. The van der Waals surface area contributed by atoms with Gasteiger partial charge in [0.05, 0.1) is 5.56 Å².